The number of aromatic amines is 1. The minimum atomic E-state index is -3.56. The SMILES string of the molecule is CNCc1cc(S(=O)(=O)NC(C)c2cc(C)oc2C)c[nH]1. The van der Waals surface area contributed by atoms with Gasteiger partial charge in [-0.25, -0.2) is 13.1 Å². The number of aromatic nitrogens is 1. The molecule has 0 aliphatic carbocycles. The van der Waals surface area contributed by atoms with Crippen molar-refractivity contribution in [3.05, 3.63) is 41.1 Å². The van der Waals surface area contributed by atoms with Crippen LogP contribution in [-0.2, 0) is 16.6 Å². The number of aryl methyl sites for hydroxylation is 2. The van der Waals surface area contributed by atoms with E-state index < -0.39 is 10.0 Å². The standard InChI is InChI=1S/C14H21N3O3S/c1-9-5-14(11(3)20-9)10(2)17-21(18,19)13-6-12(7-15-4)16-8-13/h5-6,8,10,15-17H,7H2,1-4H3. The van der Waals surface area contributed by atoms with E-state index in [-0.39, 0.29) is 10.9 Å². The quantitative estimate of drug-likeness (QED) is 0.761. The van der Waals surface area contributed by atoms with Gasteiger partial charge in [0.15, 0.2) is 0 Å². The molecule has 3 N–H and O–H groups in total. The molecule has 1 unspecified atom stereocenters. The molecule has 0 saturated carbocycles. The first-order valence-corrected chi connectivity index (χ1v) is 8.23. The van der Waals surface area contributed by atoms with Crippen LogP contribution in [0.5, 0.6) is 0 Å². The summed E-state index contributed by atoms with van der Waals surface area (Å²) in [4.78, 5) is 3.17. The van der Waals surface area contributed by atoms with Gasteiger partial charge in [0.25, 0.3) is 0 Å². The van der Waals surface area contributed by atoms with Crippen molar-refractivity contribution in [3.63, 3.8) is 0 Å². The van der Waals surface area contributed by atoms with Crippen LogP contribution in [0.1, 0.15) is 35.7 Å². The van der Waals surface area contributed by atoms with E-state index in [0.717, 1.165) is 22.8 Å². The molecule has 21 heavy (non-hydrogen) atoms. The molecule has 2 rings (SSSR count). The number of rotatable bonds is 6. The molecule has 2 aromatic rings. The largest absolute Gasteiger partial charge is 0.466 e. The summed E-state index contributed by atoms with van der Waals surface area (Å²) in [6, 6.07) is 3.13. The van der Waals surface area contributed by atoms with Gasteiger partial charge in [0.05, 0.1) is 4.90 Å². The van der Waals surface area contributed by atoms with Crippen molar-refractivity contribution in [2.45, 2.75) is 38.3 Å². The third kappa shape index (κ3) is 3.55. The van der Waals surface area contributed by atoms with E-state index in [1.807, 2.05) is 19.9 Å². The van der Waals surface area contributed by atoms with E-state index in [9.17, 15) is 8.42 Å². The number of H-pyrrole nitrogens is 1. The Kier molecular flexibility index (Phi) is 4.55. The highest BCUT2D eigenvalue weighted by Crippen LogP contribution is 2.23. The lowest BCUT2D eigenvalue weighted by molar-refractivity contribution is 0.496. The molecule has 0 aliphatic heterocycles. The predicted octanol–water partition coefficient (Wildman–Crippen LogP) is 1.98. The molecule has 2 aromatic heterocycles. The maximum atomic E-state index is 12.4. The maximum absolute atomic E-state index is 12.4. The van der Waals surface area contributed by atoms with Crippen LogP contribution in [0, 0.1) is 13.8 Å². The molecule has 7 heteroatoms. The molecule has 0 bridgehead atoms. The third-order valence-electron chi connectivity index (χ3n) is 3.27. The van der Waals surface area contributed by atoms with Gasteiger partial charge in [0.2, 0.25) is 10.0 Å². The van der Waals surface area contributed by atoms with E-state index >= 15 is 0 Å². The van der Waals surface area contributed by atoms with Crippen molar-refractivity contribution in [1.82, 2.24) is 15.0 Å². The number of nitrogens with one attached hydrogen (secondary N) is 3. The predicted molar refractivity (Wildman–Crippen MR) is 80.5 cm³/mol. The van der Waals surface area contributed by atoms with Gasteiger partial charge in [-0.2, -0.15) is 0 Å². The molecule has 2 heterocycles. The van der Waals surface area contributed by atoms with Crippen LogP contribution in [0.3, 0.4) is 0 Å². The zero-order valence-corrected chi connectivity index (χ0v) is 13.5. The van der Waals surface area contributed by atoms with Gasteiger partial charge in [-0.1, -0.05) is 0 Å². The van der Waals surface area contributed by atoms with Gasteiger partial charge in [0.1, 0.15) is 11.5 Å². The highest BCUT2D eigenvalue weighted by Gasteiger charge is 2.22. The van der Waals surface area contributed by atoms with Crippen molar-refractivity contribution in [2.75, 3.05) is 7.05 Å². The van der Waals surface area contributed by atoms with Gasteiger partial charge in [0, 0.05) is 30.0 Å². The first kappa shape index (κ1) is 15.8. The summed E-state index contributed by atoms with van der Waals surface area (Å²) in [7, 11) is -1.76. The van der Waals surface area contributed by atoms with E-state index in [4.69, 9.17) is 4.42 Å². The number of hydrogen-bond acceptors (Lipinski definition) is 4. The minimum Gasteiger partial charge on any atom is -0.466 e. The smallest absolute Gasteiger partial charge is 0.242 e. The molecular weight excluding hydrogens is 290 g/mol. The Labute approximate surface area is 125 Å². The first-order chi connectivity index (χ1) is 9.83. The lowest BCUT2D eigenvalue weighted by Gasteiger charge is -2.12. The van der Waals surface area contributed by atoms with Crippen molar-refractivity contribution in [3.8, 4) is 0 Å². The van der Waals surface area contributed by atoms with E-state index in [1.54, 1.807) is 20.0 Å². The normalized spacial score (nSPS) is 13.5. The number of furan rings is 1. The van der Waals surface area contributed by atoms with Gasteiger partial charge in [-0.15, -0.1) is 0 Å². The Hall–Kier alpha value is -1.57. The second-order valence-electron chi connectivity index (χ2n) is 5.10. The van der Waals surface area contributed by atoms with Crippen LogP contribution in [0.2, 0.25) is 0 Å². The van der Waals surface area contributed by atoms with Crippen molar-refractivity contribution in [2.24, 2.45) is 0 Å². The Morgan fingerprint density at radius 1 is 1.33 bits per heavy atom. The molecular formula is C14H21N3O3S. The van der Waals surface area contributed by atoms with Crippen LogP contribution in [0.15, 0.2) is 27.6 Å². The van der Waals surface area contributed by atoms with E-state index in [2.05, 4.69) is 15.0 Å². The summed E-state index contributed by atoms with van der Waals surface area (Å²) in [6.45, 7) is 6.06. The summed E-state index contributed by atoms with van der Waals surface area (Å²) in [5.41, 5.74) is 1.67. The Morgan fingerprint density at radius 2 is 2.05 bits per heavy atom. The molecule has 0 spiro atoms. The fourth-order valence-electron chi connectivity index (χ4n) is 2.31. The second-order valence-corrected chi connectivity index (χ2v) is 6.82. The lowest BCUT2D eigenvalue weighted by atomic mass is 10.1. The Bertz CT molecular complexity index is 716. The first-order valence-electron chi connectivity index (χ1n) is 6.74. The molecule has 0 fully saturated rings. The minimum absolute atomic E-state index is 0.234. The van der Waals surface area contributed by atoms with E-state index in [1.165, 1.54) is 6.20 Å². The lowest BCUT2D eigenvalue weighted by Crippen LogP contribution is -2.26. The summed E-state index contributed by atoms with van der Waals surface area (Å²) in [5.74, 6) is 1.50. The van der Waals surface area contributed by atoms with Crippen LogP contribution < -0.4 is 10.0 Å². The zero-order chi connectivity index (χ0) is 15.6. The number of hydrogen-bond donors (Lipinski definition) is 3. The van der Waals surface area contributed by atoms with Crippen LogP contribution in [-0.4, -0.2) is 20.4 Å². The van der Waals surface area contributed by atoms with Crippen molar-refractivity contribution < 1.29 is 12.8 Å². The maximum Gasteiger partial charge on any atom is 0.242 e. The summed E-state index contributed by atoms with van der Waals surface area (Å²) in [6.07, 6.45) is 1.50. The Balaban J connectivity index is 2.18. The molecule has 1 atom stereocenters. The summed E-state index contributed by atoms with van der Waals surface area (Å²) < 4.78 is 32.9. The van der Waals surface area contributed by atoms with Crippen molar-refractivity contribution >= 4 is 10.0 Å². The molecule has 0 saturated heterocycles. The van der Waals surface area contributed by atoms with Gasteiger partial charge < -0.3 is 14.7 Å². The molecule has 0 amide bonds. The van der Waals surface area contributed by atoms with Gasteiger partial charge in [-0.3, -0.25) is 0 Å². The topological polar surface area (TPSA) is 87.1 Å². The molecule has 6 nitrogen and oxygen atoms in total. The average molecular weight is 311 g/mol. The highest BCUT2D eigenvalue weighted by atomic mass is 32.2. The summed E-state index contributed by atoms with van der Waals surface area (Å²) >= 11 is 0. The van der Waals surface area contributed by atoms with Crippen LogP contribution in [0.25, 0.3) is 0 Å². The van der Waals surface area contributed by atoms with E-state index in [0.29, 0.717) is 6.54 Å². The summed E-state index contributed by atoms with van der Waals surface area (Å²) in [5, 5.41) is 2.97. The zero-order valence-electron chi connectivity index (χ0n) is 12.6. The molecule has 0 aliphatic rings. The monoisotopic (exact) mass is 311 g/mol. The van der Waals surface area contributed by atoms with Gasteiger partial charge >= 0.3 is 0 Å². The number of sulfonamides is 1. The fourth-order valence-corrected chi connectivity index (χ4v) is 3.55. The average Bonchev–Trinajstić information content (AvgIpc) is 2.96. The second kappa shape index (κ2) is 6.05. The van der Waals surface area contributed by atoms with Crippen LogP contribution >= 0.6 is 0 Å². The molecule has 0 aromatic carbocycles. The van der Waals surface area contributed by atoms with Crippen molar-refractivity contribution in [1.29, 1.82) is 0 Å². The highest BCUT2D eigenvalue weighted by molar-refractivity contribution is 7.89. The fraction of sp³-hybridized carbons (Fsp3) is 0.429. The van der Waals surface area contributed by atoms with Gasteiger partial charge in [-0.05, 0) is 40.0 Å². The molecule has 0 radical (unpaired) electrons. The Morgan fingerprint density at radius 3 is 2.62 bits per heavy atom. The van der Waals surface area contributed by atoms with Crippen LogP contribution in [0.4, 0.5) is 0 Å². The third-order valence-corrected chi connectivity index (χ3v) is 4.79. The molecule has 116 valence electrons.